The molecule has 3 saturated heterocycles. The molecule has 3 aliphatic rings. The third-order valence-electron chi connectivity index (χ3n) is 8.10. The van der Waals surface area contributed by atoms with Gasteiger partial charge in [-0.15, -0.1) is 0 Å². The van der Waals surface area contributed by atoms with Gasteiger partial charge in [-0.2, -0.15) is 18.2 Å². The zero-order chi connectivity index (χ0) is 28.8. The molecular formula is C27H34F3N5O5. The Morgan fingerprint density at radius 2 is 1.62 bits per heavy atom. The van der Waals surface area contributed by atoms with Gasteiger partial charge in [0.2, 0.25) is 5.89 Å². The van der Waals surface area contributed by atoms with E-state index in [1.807, 2.05) is 20.8 Å². The smallest absolute Gasteiger partial charge is 0.416 e. The summed E-state index contributed by atoms with van der Waals surface area (Å²) in [6.07, 6.45) is -4.92. The number of rotatable bonds is 3. The molecule has 5 rings (SSSR count). The number of urea groups is 1. The molecule has 4 heterocycles. The van der Waals surface area contributed by atoms with Crippen LogP contribution >= 0.6 is 0 Å². The van der Waals surface area contributed by atoms with Crippen molar-refractivity contribution >= 4 is 12.1 Å². The normalized spacial score (nSPS) is 26.0. The summed E-state index contributed by atoms with van der Waals surface area (Å²) in [5, 5.41) is 13.8. The van der Waals surface area contributed by atoms with Crippen LogP contribution < -0.4 is 0 Å². The topological polar surface area (TPSA) is 112 Å². The van der Waals surface area contributed by atoms with Crippen LogP contribution in [0.4, 0.5) is 22.8 Å². The summed E-state index contributed by atoms with van der Waals surface area (Å²) >= 11 is 0. The molecule has 3 fully saturated rings. The number of aromatic nitrogens is 2. The number of morpholine rings is 1. The van der Waals surface area contributed by atoms with Crippen molar-refractivity contribution < 1.29 is 37.1 Å². The van der Waals surface area contributed by atoms with E-state index < -0.39 is 17.8 Å². The molecule has 3 aliphatic heterocycles. The van der Waals surface area contributed by atoms with E-state index in [2.05, 4.69) is 10.1 Å². The molecule has 40 heavy (non-hydrogen) atoms. The van der Waals surface area contributed by atoms with Crippen molar-refractivity contribution in [1.29, 1.82) is 0 Å². The average Bonchev–Trinajstić information content (AvgIpc) is 3.36. The van der Waals surface area contributed by atoms with Gasteiger partial charge >= 0.3 is 18.3 Å². The quantitative estimate of drug-likeness (QED) is 0.579. The molecular weight excluding hydrogens is 531 g/mol. The summed E-state index contributed by atoms with van der Waals surface area (Å²) in [7, 11) is 0. The van der Waals surface area contributed by atoms with Gasteiger partial charge in [-0.05, 0) is 29.5 Å². The monoisotopic (exact) mass is 565 g/mol. The van der Waals surface area contributed by atoms with Crippen LogP contribution in [-0.2, 0) is 10.9 Å². The second-order valence-corrected chi connectivity index (χ2v) is 11.9. The first kappa shape index (κ1) is 28.2. The maximum absolute atomic E-state index is 13.4. The van der Waals surface area contributed by atoms with E-state index in [4.69, 9.17) is 9.26 Å². The SMILES string of the molecule is CC(C)(C)C1C(c2nc(C3CC(c4ccc(C(F)(F)F)cc4)CN(C(=O)N4CCOCC4)C3)no2)CN1C(=O)O. The van der Waals surface area contributed by atoms with Gasteiger partial charge in [0, 0.05) is 44.6 Å². The highest BCUT2D eigenvalue weighted by molar-refractivity contribution is 5.75. The van der Waals surface area contributed by atoms with Gasteiger partial charge in [0.05, 0.1) is 30.7 Å². The summed E-state index contributed by atoms with van der Waals surface area (Å²) in [5.41, 5.74) is -0.377. The number of carbonyl (C=O) groups excluding carboxylic acids is 1. The Kier molecular flexibility index (Phi) is 7.45. The standard InChI is InChI=1S/C27H34F3N5O5/c1-26(2,3)21-20(15-35(21)25(37)38)23-31-22(32-40-23)18-12-17(16-4-6-19(7-5-16)27(28,29)30)13-34(14-18)24(36)33-8-10-39-11-9-33/h4-7,17-18,20-21H,8-15H2,1-3H3,(H,37,38). The highest BCUT2D eigenvalue weighted by atomic mass is 19.4. The van der Waals surface area contributed by atoms with Gasteiger partial charge in [-0.25, -0.2) is 9.59 Å². The first-order valence-corrected chi connectivity index (χ1v) is 13.4. The predicted octanol–water partition coefficient (Wildman–Crippen LogP) is 4.61. The molecule has 0 spiro atoms. The molecule has 0 bridgehead atoms. The predicted molar refractivity (Wildman–Crippen MR) is 136 cm³/mol. The summed E-state index contributed by atoms with van der Waals surface area (Å²) in [6, 6.07) is 4.59. The number of ether oxygens (including phenoxy) is 1. The fourth-order valence-corrected chi connectivity index (χ4v) is 6.13. The fraction of sp³-hybridized carbons (Fsp3) is 0.630. The lowest BCUT2D eigenvalue weighted by atomic mass is 9.72. The Morgan fingerprint density at radius 3 is 2.23 bits per heavy atom. The van der Waals surface area contributed by atoms with Gasteiger partial charge in [0.25, 0.3) is 0 Å². The number of nitrogens with zero attached hydrogens (tertiary/aromatic N) is 5. The van der Waals surface area contributed by atoms with E-state index in [1.54, 1.807) is 9.80 Å². The number of halogens is 3. The van der Waals surface area contributed by atoms with Gasteiger partial charge in [-0.3, -0.25) is 0 Å². The van der Waals surface area contributed by atoms with E-state index in [0.717, 1.165) is 12.1 Å². The van der Waals surface area contributed by atoms with Crippen LogP contribution in [0.2, 0.25) is 0 Å². The van der Waals surface area contributed by atoms with E-state index in [-0.39, 0.29) is 41.8 Å². The third-order valence-corrected chi connectivity index (χ3v) is 8.10. The number of hydrogen-bond donors (Lipinski definition) is 1. The van der Waals surface area contributed by atoms with Crippen molar-refractivity contribution in [1.82, 2.24) is 24.8 Å². The minimum absolute atomic E-state index is 0.155. The second-order valence-electron chi connectivity index (χ2n) is 11.9. The van der Waals surface area contributed by atoms with E-state index in [0.29, 0.717) is 63.1 Å². The molecule has 3 amide bonds. The Bertz CT molecular complexity index is 1220. The van der Waals surface area contributed by atoms with Crippen LogP contribution in [0.15, 0.2) is 28.8 Å². The molecule has 218 valence electrons. The lowest BCUT2D eigenvalue weighted by molar-refractivity contribution is -0.137. The number of carboxylic acid groups (broad SMARTS) is 1. The number of piperidine rings is 1. The Labute approximate surface area is 230 Å². The Morgan fingerprint density at radius 1 is 0.975 bits per heavy atom. The largest absolute Gasteiger partial charge is 0.465 e. The first-order valence-electron chi connectivity index (χ1n) is 13.4. The molecule has 0 aliphatic carbocycles. The van der Waals surface area contributed by atoms with Crippen molar-refractivity contribution in [3.05, 3.63) is 47.1 Å². The molecule has 10 nitrogen and oxygen atoms in total. The second kappa shape index (κ2) is 10.6. The van der Waals surface area contributed by atoms with E-state index in [9.17, 15) is 27.9 Å². The summed E-state index contributed by atoms with van der Waals surface area (Å²) in [4.78, 5) is 34.6. The first-order chi connectivity index (χ1) is 18.8. The van der Waals surface area contributed by atoms with Crippen LogP contribution in [0, 0.1) is 5.41 Å². The number of alkyl halides is 3. The van der Waals surface area contributed by atoms with Crippen molar-refractivity contribution in [3.63, 3.8) is 0 Å². The van der Waals surface area contributed by atoms with Crippen molar-refractivity contribution in [2.45, 2.75) is 57.2 Å². The van der Waals surface area contributed by atoms with Crippen molar-refractivity contribution in [2.75, 3.05) is 45.9 Å². The minimum atomic E-state index is -4.43. The molecule has 2 aromatic rings. The van der Waals surface area contributed by atoms with Gasteiger partial charge < -0.3 is 29.1 Å². The van der Waals surface area contributed by atoms with Crippen molar-refractivity contribution in [2.24, 2.45) is 5.41 Å². The number of likely N-dealkylation sites (tertiary alicyclic amines) is 2. The Hall–Kier alpha value is -3.35. The average molecular weight is 566 g/mol. The van der Waals surface area contributed by atoms with Gasteiger partial charge in [-0.1, -0.05) is 38.1 Å². The van der Waals surface area contributed by atoms with Crippen LogP contribution in [0.25, 0.3) is 0 Å². The van der Waals surface area contributed by atoms with Gasteiger partial charge in [0.15, 0.2) is 5.82 Å². The zero-order valence-electron chi connectivity index (χ0n) is 22.7. The molecule has 4 unspecified atom stereocenters. The molecule has 1 aromatic carbocycles. The highest BCUT2D eigenvalue weighted by Crippen LogP contribution is 2.44. The summed E-state index contributed by atoms with van der Waals surface area (Å²) in [5.74, 6) is -0.0329. The number of benzene rings is 1. The van der Waals surface area contributed by atoms with Gasteiger partial charge in [0.1, 0.15) is 0 Å². The van der Waals surface area contributed by atoms with E-state index in [1.165, 1.54) is 17.0 Å². The summed E-state index contributed by atoms with van der Waals surface area (Å²) < 4.78 is 50.5. The lowest BCUT2D eigenvalue weighted by Gasteiger charge is -2.51. The maximum Gasteiger partial charge on any atom is 0.416 e. The third kappa shape index (κ3) is 5.61. The molecule has 0 radical (unpaired) electrons. The summed E-state index contributed by atoms with van der Waals surface area (Å²) in [6.45, 7) is 8.64. The minimum Gasteiger partial charge on any atom is -0.465 e. The molecule has 1 N–H and O–H groups in total. The number of amides is 3. The van der Waals surface area contributed by atoms with Crippen LogP contribution in [0.1, 0.15) is 67.8 Å². The molecule has 4 atom stereocenters. The van der Waals surface area contributed by atoms with Crippen LogP contribution in [-0.4, -0.2) is 94.1 Å². The number of hydrogen-bond acceptors (Lipinski definition) is 6. The van der Waals surface area contributed by atoms with Crippen molar-refractivity contribution in [3.8, 4) is 0 Å². The Balaban J connectivity index is 1.40. The highest BCUT2D eigenvalue weighted by Gasteiger charge is 2.51. The molecule has 13 heteroatoms. The lowest BCUT2D eigenvalue weighted by Crippen LogP contribution is -2.62. The maximum atomic E-state index is 13.4. The fourth-order valence-electron chi connectivity index (χ4n) is 6.13. The molecule has 1 aromatic heterocycles. The van der Waals surface area contributed by atoms with Crippen LogP contribution in [0.3, 0.4) is 0 Å². The molecule has 0 saturated carbocycles. The van der Waals surface area contributed by atoms with E-state index >= 15 is 0 Å². The van der Waals surface area contributed by atoms with Crippen LogP contribution in [0.5, 0.6) is 0 Å². The zero-order valence-corrected chi connectivity index (χ0v) is 22.7. The number of carbonyl (C=O) groups is 2.